The topological polar surface area (TPSA) is 114 Å². The SMILES string of the molecule is C=C(/C=C\C=C\OCCOC)C(F)(F)C(=O)NCc1ccc2c(c1)CN(C1CCC(=O)NC1=O)C2=O. The molecule has 0 aliphatic carbocycles. The number of ether oxygens (including phenoxy) is 2. The monoisotopic (exact) mass is 503 g/mol. The molecule has 2 N–H and O–H groups in total. The van der Waals surface area contributed by atoms with Crippen LogP contribution in [-0.2, 0) is 36.9 Å². The maximum atomic E-state index is 14.4. The van der Waals surface area contributed by atoms with Gasteiger partial charge in [-0.3, -0.25) is 24.5 Å². The summed E-state index contributed by atoms with van der Waals surface area (Å²) in [5.74, 6) is -6.60. The molecule has 1 unspecified atom stereocenters. The highest BCUT2D eigenvalue weighted by atomic mass is 19.3. The van der Waals surface area contributed by atoms with Gasteiger partial charge in [0.05, 0.1) is 12.9 Å². The lowest BCUT2D eigenvalue weighted by Gasteiger charge is -2.29. The minimum Gasteiger partial charge on any atom is -0.499 e. The van der Waals surface area contributed by atoms with Gasteiger partial charge in [0.25, 0.3) is 11.8 Å². The first-order valence-corrected chi connectivity index (χ1v) is 11.2. The highest BCUT2D eigenvalue weighted by Gasteiger charge is 2.41. The van der Waals surface area contributed by atoms with E-state index in [1.54, 1.807) is 12.1 Å². The van der Waals surface area contributed by atoms with Crippen LogP contribution < -0.4 is 10.6 Å². The van der Waals surface area contributed by atoms with E-state index in [0.717, 1.165) is 6.08 Å². The Morgan fingerprint density at radius 2 is 2.06 bits per heavy atom. The predicted molar refractivity (Wildman–Crippen MR) is 125 cm³/mol. The third-order valence-electron chi connectivity index (χ3n) is 5.72. The van der Waals surface area contributed by atoms with Crippen molar-refractivity contribution in [2.24, 2.45) is 0 Å². The van der Waals surface area contributed by atoms with Crippen LogP contribution in [0.3, 0.4) is 0 Å². The number of amides is 4. The molecule has 1 aromatic rings. The van der Waals surface area contributed by atoms with Gasteiger partial charge >= 0.3 is 5.92 Å². The molecule has 0 saturated carbocycles. The minimum atomic E-state index is -3.84. The quantitative estimate of drug-likeness (QED) is 0.207. The van der Waals surface area contributed by atoms with Gasteiger partial charge in [-0.25, -0.2) is 0 Å². The van der Waals surface area contributed by atoms with Crippen LogP contribution in [-0.4, -0.2) is 60.8 Å². The zero-order valence-electron chi connectivity index (χ0n) is 19.7. The fraction of sp³-hybridized carbons (Fsp3) is 0.360. The number of halogens is 2. The summed E-state index contributed by atoms with van der Waals surface area (Å²) >= 11 is 0. The number of allylic oxidation sites excluding steroid dienone is 3. The second-order valence-electron chi connectivity index (χ2n) is 8.23. The van der Waals surface area contributed by atoms with Gasteiger partial charge in [-0.15, -0.1) is 0 Å². The summed E-state index contributed by atoms with van der Waals surface area (Å²) < 4.78 is 38.7. The van der Waals surface area contributed by atoms with Crippen LogP contribution >= 0.6 is 0 Å². The number of rotatable bonds is 11. The summed E-state index contributed by atoms with van der Waals surface area (Å²) in [5, 5.41) is 4.42. The molecule has 1 aromatic carbocycles. The molecule has 11 heteroatoms. The lowest BCUT2D eigenvalue weighted by Crippen LogP contribution is -2.52. The third-order valence-corrected chi connectivity index (χ3v) is 5.72. The summed E-state index contributed by atoms with van der Waals surface area (Å²) in [6.45, 7) is 3.92. The van der Waals surface area contributed by atoms with Crippen LogP contribution in [0.15, 0.2) is 54.8 Å². The van der Waals surface area contributed by atoms with Crippen molar-refractivity contribution in [3.8, 4) is 0 Å². The van der Waals surface area contributed by atoms with Crippen LogP contribution in [0.4, 0.5) is 8.78 Å². The smallest absolute Gasteiger partial charge is 0.349 e. The molecule has 192 valence electrons. The molecule has 0 radical (unpaired) electrons. The predicted octanol–water partition coefficient (Wildman–Crippen LogP) is 1.99. The van der Waals surface area contributed by atoms with E-state index in [0.29, 0.717) is 29.9 Å². The number of nitrogens with zero attached hydrogens (tertiary/aromatic N) is 1. The summed E-state index contributed by atoms with van der Waals surface area (Å²) in [5.41, 5.74) is 0.807. The Hall–Kier alpha value is -3.86. The van der Waals surface area contributed by atoms with Crippen molar-refractivity contribution >= 4 is 23.6 Å². The first-order chi connectivity index (χ1) is 17.1. The molecular weight excluding hydrogens is 476 g/mol. The summed E-state index contributed by atoms with van der Waals surface area (Å²) in [6.07, 6.45) is 5.36. The number of hydrogen-bond donors (Lipinski definition) is 2. The van der Waals surface area contributed by atoms with E-state index >= 15 is 0 Å². The van der Waals surface area contributed by atoms with Crippen molar-refractivity contribution in [2.45, 2.75) is 37.9 Å². The van der Waals surface area contributed by atoms with Gasteiger partial charge in [0.15, 0.2) is 0 Å². The van der Waals surface area contributed by atoms with E-state index in [4.69, 9.17) is 9.47 Å². The standard InChI is InChI=1S/C25H27F2N3O6/c1-16(5-3-4-10-36-12-11-35-2)25(26,27)24(34)28-14-17-6-7-19-18(13-17)15-30(23(19)33)20-8-9-21(31)29-22(20)32/h3-7,10,13,20H,1,8-9,11-12,14-15H2,2H3,(H,28,34)(H,29,31,32)/b5-3-,10-4+. The number of alkyl halides is 2. The molecule has 2 heterocycles. The molecule has 1 atom stereocenters. The van der Waals surface area contributed by atoms with Gasteiger partial charge in [-0.2, -0.15) is 8.78 Å². The number of benzene rings is 1. The Bertz CT molecular complexity index is 1120. The van der Waals surface area contributed by atoms with Crippen molar-refractivity contribution in [1.29, 1.82) is 0 Å². The van der Waals surface area contributed by atoms with Crippen LogP contribution in [0.5, 0.6) is 0 Å². The van der Waals surface area contributed by atoms with E-state index in [2.05, 4.69) is 17.2 Å². The van der Waals surface area contributed by atoms with E-state index in [-0.39, 0.29) is 37.7 Å². The minimum absolute atomic E-state index is 0.140. The lowest BCUT2D eigenvalue weighted by atomic mass is 10.0. The maximum Gasteiger partial charge on any atom is 0.349 e. The molecule has 0 aromatic heterocycles. The molecule has 4 amide bonds. The Labute approximate surface area is 206 Å². The van der Waals surface area contributed by atoms with Crippen molar-refractivity contribution in [3.05, 3.63) is 71.5 Å². The van der Waals surface area contributed by atoms with Crippen molar-refractivity contribution in [1.82, 2.24) is 15.5 Å². The molecular formula is C25H27F2N3O6. The maximum absolute atomic E-state index is 14.4. The van der Waals surface area contributed by atoms with Gasteiger partial charge in [-0.05, 0) is 29.7 Å². The number of nitrogens with one attached hydrogen (secondary N) is 2. The first kappa shape index (κ1) is 26.7. The van der Waals surface area contributed by atoms with E-state index < -0.39 is 29.4 Å². The molecule has 2 aliphatic rings. The zero-order chi connectivity index (χ0) is 26.3. The van der Waals surface area contributed by atoms with Gasteiger partial charge in [-0.1, -0.05) is 30.9 Å². The van der Waals surface area contributed by atoms with E-state index in [1.165, 1.54) is 36.5 Å². The second-order valence-corrected chi connectivity index (χ2v) is 8.23. The van der Waals surface area contributed by atoms with Gasteiger partial charge in [0.2, 0.25) is 11.8 Å². The van der Waals surface area contributed by atoms with E-state index in [1.807, 2.05) is 0 Å². The third kappa shape index (κ3) is 6.22. The fourth-order valence-corrected chi connectivity index (χ4v) is 3.75. The lowest BCUT2D eigenvalue weighted by molar-refractivity contribution is -0.140. The number of methoxy groups -OCH3 is 1. The average molecular weight is 504 g/mol. The normalized spacial score (nSPS) is 18.0. The number of carbonyl (C=O) groups excluding carboxylic acids is 4. The molecule has 0 bridgehead atoms. The number of hydrogen-bond acceptors (Lipinski definition) is 6. The van der Waals surface area contributed by atoms with Crippen LogP contribution in [0.25, 0.3) is 0 Å². The van der Waals surface area contributed by atoms with Crippen LogP contribution in [0.2, 0.25) is 0 Å². The largest absolute Gasteiger partial charge is 0.499 e. The Morgan fingerprint density at radius 3 is 2.78 bits per heavy atom. The number of fused-ring (bicyclic) bond motifs is 1. The zero-order valence-corrected chi connectivity index (χ0v) is 19.7. The fourth-order valence-electron chi connectivity index (χ4n) is 3.75. The number of carbonyl (C=O) groups is 4. The number of piperidine rings is 1. The van der Waals surface area contributed by atoms with Crippen molar-refractivity contribution in [3.63, 3.8) is 0 Å². The Kier molecular flexibility index (Phi) is 8.70. The molecule has 3 rings (SSSR count). The molecule has 1 saturated heterocycles. The van der Waals surface area contributed by atoms with Gasteiger partial charge < -0.3 is 19.7 Å². The first-order valence-electron chi connectivity index (χ1n) is 11.2. The highest BCUT2D eigenvalue weighted by Crippen LogP contribution is 2.29. The average Bonchev–Trinajstić information content (AvgIpc) is 3.17. The molecule has 1 fully saturated rings. The summed E-state index contributed by atoms with van der Waals surface area (Å²) in [4.78, 5) is 49.8. The number of imide groups is 1. The van der Waals surface area contributed by atoms with E-state index in [9.17, 15) is 28.0 Å². The molecule has 0 spiro atoms. The Morgan fingerprint density at radius 1 is 1.28 bits per heavy atom. The van der Waals surface area contributed by atoms with Gasteiger partial charge in [0.1, 0.15) is 12.6 Å². The summed E-state index contributed by atoms with van der Waals surface area (Å²) in [7, 11) is 1.52. The van der Waals surface area contributed by atoms with Crippen LogP contribution in [0.1, 0.15) is 34.3 Å². The van der Waals surface area contributed by atoms with Gasteiger partial charge in [0, 0.05) is 37.8 Å². The Balaban J connectivity index is 1.56. The van der Waals surface area contributed by atoms with Crippen LogP contribution in [0, 0.1) is 0 Å². The molecule has 2 aliphatic heterocycles. The highest BCUT2D eigenvalue weighted by molar-refractivity contribution is 6.05. The second kappa shape index (κ2) is 11.7. The van der Waals surface area contributed by atoms with Crippen molar-refractivity contribution in [2.75, 3.05) is 20.3 Å². The molecule has 9 nitrogen and oxygen atoms in total. The van der Waals surface area contributed by atoms with Crippen molar-refractivity contribution < 1.29 is 37.4 Å². The molecule has 36 heavy (non-hydrogen) atoms. The summed E-state index contributed by atoms with van der Waals surface area (Å²) in [6, 6.07) is 3.95.